The lowest BCUT2D eigenvalue weighted by molar-refractivity contribution is -0.141. The van der Waals surface area contributed by atoms with Gasteiger partial charge in [0, 0.05) is 28.3 Å². The summed E-state index contributed by atoms with van der Waals surface area (Å²) in [6, 6.07) is 14.9. The number of aromatic nitrogens is 1. The molecule has 0 aliphatic carbocycles. The summed E-state index contributed by atoms with van der Waals surface area (Å²) in [4.78, 5) is 20.8. The molecule has 0 unspecified atom stereocenters. The number of carbonyl (C=O) groups excluding carboxylic acids is 1. The van der Waals surface area contributed by atoms with E-state index in [-0.39, 0.29) is 5.55 Å². The number of nitrogens with zero attached hydrogens (tertiary/aromatic N) is 2. The molecule has 29 heavy (non-hydrogen) atoms. The van der Waals surface area contributed by atoms with E-state index in [1.807, 2.05) is 47.8 Å². The lowest BCUT2D eigenvalue weighted by Crippen LogP contribution is -2.08. The fourth-order valence-corrected chi connectivity index (χ4v) is 3.73. The van der Waals surface area contributed by atoms with Gasteiger partial charge in [0.15, 0.2) is 11.3 Å². The number of hydrogen-bond donors (Lipinski definition) is 0. The molecule has 0 saturated heterocycles. The molecule has 0 atom stereocenters. The summed E-state index contributed by atoms with van der Waals surface area (Å²) < 4.78 is 11.3. The van der Waals surface area contributed by atoms with Crippen molar-refractivity contribution in [3.05, 3.63) is 64.5 Å². The Bertz CT molecular complexity index is 1260. The maximum absolute atomic E-state index is 11.3. The number of ether oxygens (including phenoxy) is 1. The van der Waals surface area contributed by atoms with Crippen LogP contribution in [0.4, 0.5) is 0 Å². The molecule has 0 spiro atoms. The third-order valence-electron chi connectivity index (χ3n) is 4.09. The minimum absolute atomic E-state index is 0.134. The third-order valence-corrected chi connectivity index (χ3v) is 5.22. The van der Waals surface area contributed by atoms with Crippen molar-refractivity contribution in [1.82, 2.24) is 4.98 Å². The highest BCUT2D eigenvalue weighted by atomic mass is 35.5. The van der Waals surface area contributed by atoms with Gasteiger partial charge in [-0.05, 0) is 29.4 Å². The molecular formula is C21H15ClN2O4S. The van der Waals surface area contributed by atoms with Crippen LogP contribution >= 0.6 is 22.9 Å². The van der Waals surface area contributed by atoms with Crippen LogP contribution in [0, 0.1) is 0 Å². The number of methoxy groups -OCH3 is 1. The predicted molar refractivity (Wildman–Crippen MR) is 112 cm³/mol. The molecule has 0 saturated carbocycles. The van der Waals surface area contributed by atoms with E-state index in [2.05, 4.69) is 5.16 Å². The van der Waals surface area contributed by atoms with Crippen LogP contribution in [0.2, 0.25) is 5.02 Å². The van der Waals surface area contributed by atoms with Crippen LogP contribution in [-0.4, -0.2) is 18.1 Å². The average Bonchev–Trinajstić information content (AvgIpc) is 3.21. The number of para-hydroxylation sites is 1. The number of carbonyl (C=O) groups is 1. The number of benzene rings is 2. The lowest BCUT2D eigenvalue weighted by atomic mass is 10.1. The van der Waals surface area contributed by atoms with E-state index in [9.17, 15) is 4.79 Å². The predicted octanol–water partition coefficient (Wildman–Crippen LogP) is 5.26. The number of hydrogen-bond acceptors (Lipinski definition) is 7. The normalized spacial score (nSPS) is 11.6. The highest BCUT2D eigenvalue weighted by molar-refractivity contribution is 7.13. The van der Waals surface area contributed by atoms with Crippen molar-refractivity contribution < 1.29 is 18.8 Å². The van der Waals surface area contributed by atoms with E-state index in [4.69, 9.17) is 30.6 Å². The van der Waals surface area contributed by atoms with Gasteiger partial charge in [-0.2, -0.15) is 0 Å². The molecule has 0 N–H and O–H groups in total. The van der Waals surface area contributed by atoms with Crippen molar-refractivity contribution >= 4 is 39.9 Å². The first-order valence-corrected chi connectivity index (χ1v) is 9.85. The zero-order chi connectivity index (χ0) is 20.4. The Morgan fingerprint density at radius 2 is 2.00 bits per heavy atom. The molecule has 4 aromatic rings. The Labute approximate surface area is 175 Å². The summed E-state index contributed by atoms with van der Waals surface area (Å²) in [6.45, 7) is 1.27. The second-order valence-electron chi connectivity index (χ2n) is 6.06. The second-order valence-corrected chi connectivity index (χ2v) is 7.36. The van der Waals surface area contributed by atoms with Crippen molar-refractivity contribution in [2.24, 2.45) is 5.16 Å². The van der Waals surface area contributed by atoms with Gasteiger partial charge in [0.05, 0.1) is 18.4 Å². The lowest BCUT2D eigenvalue weighted by Gasteiger charge is -2.06. The van der Waals surface area contributed by atoms with Gasteiger partial charge < -0.3 is 14.0 Å². The smallest absolute Gasteiger partial charge is 0.332 e. The van der Waals surface area contributed by atoms with Crippen molar-refractivity contribution in [1.29, 1.82) is 0 Å². The molecule has 8 heteroatoms. The van der Waals surface area contributed by atoms with Crippen molar-refractivity contribution in [3.63, 3.8) is 0 Å². The molecular weight excluding hydrogens is 412 g/mol. The topological polar surface area (TPSA) is 73.9 Å². The summed E-state index contributed by atoms with van der Waals surface area (Å²) in [5.74, 6) is 0.00147. The summed E-state index contributed by atoms with van der Waals surface area (Å²) in [5.41, 5.74) is 2.98. The van der Waals surface area contributed by atoms with Crippen molar-refractivity contribution in [2.45, 2.75) is 6.92 Å². The van der Waals surface area contributed by atoms with Crippen LogP contribution in [0.3, 0.4) is 0 Å². The first-order chi connectivity index (χ1) is 14.0. The molecule has 0 aliphatic rings. The van der Waals surface area contributed by atoms with E-state index >= 15 is 0 Å². The van der Waals surface area contributed by atoms with Gasteiger partial charge in [0.1, 0.15) is 5.01 Å². The van der Waals surface area contributed by atoms with E-state index in [0.717, 1.165) is 16.6 Å². The van der Waals surface area contributed by atoms with E-state index in [1.165, 1.54) is 18.3 Å². The standard InChI is InChI=1S/C21H15ClN2O4S/c1-12(25)28-24-20-16(10-14-4-3-5-18(26-2)19(14)27-20)21-23-17(11-29-21)13-6-8-15(22)9-7-13/h3-11H,1-2H3/b24-20-. The summed E-state index contributed by atoms with van der Waals surface area (Å²) in [5, 5.41) is 7.96. The molecule has 4 rings (SSSR count). The molecule has 0 amide bonds. The Morgan fingerprint density at radius 1 is 1.21 bits per heavy atom. The maximum atomic E-state index is 11.3. The van der Waals surface area contributed by atoms with Crippen molar-refractivity contribution in [2.75, 3.05) is 7.11 Å². The molecule has 0 fully saturated rings. The first-order valence-electron chi connectivity index (χ1n) is 8.59. The van der Waals surface area contributed by atoms with E-state index < -0.39 is 5.97 Å². The molecule has 0 aliphatic heterocycles. The highest BCUT2D eigenvalue weighted by Gasteiger charge is 2.14. The van der Waals surface area contributed by atoms with Crippen molar-refractivity contribution in [3.8, 4) is 27.6 Å². The van der Waals surface area contributed by atoms with Gasteiger partial charge in [-0.1, -0.05) is 35.9 Å². The highest BCUT2D eigenvalue weighted by Crippen LogP contribution is 2.31. The quantitative estimate of drug-likeness (QED) is 0.328. The fourth-order valence-electron chi connectivity index (χ4n) is 2.76. The molecule has 2 heterocycles. The minimum Gasteiger partial charge on any atom is -0.493 e. The largest absolute Gasteiger partial charge is 0.493 e. The Hall–Kier alpha value is -3.16. The van der Waals surface area contributed by atoms with Gasteiger partial charge >= 0.3 is 5.97 Å². The van der Waals surface area contributed by atoms with E-state index in [1.54, 1.807) is 13.2 Å². The zero-order valence-corrected chi connectivity index (χ0v) is 17.1. The molecule has 6 nitrogen and oxygen atoms in total. The van der Waals surface area contributed by atoms with Crippen LogP contribution in [-0.2, 0) is 9.63 Å². The Morgan fingerprint density at radius 3 is 2.72 bits per heavy atom. The minimum atomic E-state index is -0.549. The van der Waals surface area contributed by atoms with Gasteiger partial charge in [-0.25, -0.2) is 9.78 Å². The van der Waals surface area contributed by atoms with Crippen LogP contribution in [0.15, 0.2) is 63.5 Å². The number of thiazole rings is 1. The number of rotatable bonds is 4. The molecule has 2 aromatic heterocycles. The van der Waals surface area contributed by atoms with Gasteiger partial charge in [-0.3, -0.25) is 0 Å². The Kier molecular flexibility index (Phi) is 5.33. The molecule has 0 radical (unpaired) electrons. The molecule has 0 bridgehead atoms. The fraction of sp³-hybridized carbons (Fsp3) is 0.0952. The second kappa shape index (κ2) is 8.06. The molecule has 2 aromatic carbocycles. The number of halogens is 1. The average molecular weight is 427 g/mol. The van der Waals surface area contributed by atoms with Crippen LogP contribution < -0.4 is 10.3 Å². The summed E-state index contributed by atoms with van der Waals surface area (Å²) in [6.07, 6.45) is 0. The summed E-state index contributed by atoms with van der Waals surface area (Å²) in [7, 11) is 1.56. The van der Waals surface area contributed by atoms with Gasteiger partial charge in [-0.15, -0.1) is 11.3 Å². The number of fused-ring (bicyclic) bond motifs is 1. The Balaban J connectivity index is 1.88. The van der Waals surface area contributed by atoms with Crippen LogP contribution in [0.1, 0.15) is 6.92 Å². The van der Waals surface area contributed by atoms with E-state index in [0.29, 0.717) is 26.9 Å². The molecule has 146 valence electrons. The third kappa shape index (κ3) is 4.01. The first kappa shape index (κ1) is 19.2. The SMILES string of the molecule is COc1cccc2cc(-c3nc(-c4ccc(Cl)cc4)cs3)/c(=N/OC(C)=O)oc12. The monoisotopic (exact) mass is 426 g/mol. The van der Waals surface area contributed by atoms with Gasteiger partial charge in [0.25, 0.3) is 5.55 Å². The van der Waals surface area contributed by atoms with Gasteiger partial charge in [0.2, 0.25) is 0 Å². The maximum Gasteiger partial charge on any atom is 0.332 e. The van der Waals surface area contributed by atoms with Crippen LogP contribution in [0.25, 0.3) is 32.8 Å². The zero-order valence-electron chi connectivity index (χ0n) is 15.5. The van der Waals surface area contributed by atoms with Crippen LogP contribution in [0.5, 0.6) is 5.75 Å². The summed E-state index contributed by atoms with van der Waals surface area (Å²) >= 11 is 7.40.